The average molecular weight is 160 g/mol. The third-order valence-electron chi connectivity index (χ3n) is 0.433. The van der Waals surface area contributed by atoms with Gasteiger partial charge in [-0.05, 0) is 0 Å². The lowest BCUT2D eigenvalue weighted by atomic mass is 11.9. The topological polar surface area (TPSA) is 83.8 Å². The second kappa shape index (κ2) is 3.38. The fraction of sp³-hybridized carbons (Fsp3) is 1.00. The van der Waals surface area contributed by atoms with Crippen LogP contribution in [0.5, 0.6) is 0 Å². The van der Waals surface area contributed by atoms with Crippen molar-refractivity contribution in [3.8, 4) is 0 Å². The van der Waals surface area contributed by atoms with Crippen LogP contribution >= 0.6 is 16.1 Å². The average Bonchev–Trinajstić information content (AvgIpc) is 1.67. The van der Waals surface area contributed by atoms with Crippen LogP contribution in [0.15, 0.2) is 0 Å². The van der Waals surface area contributed by atoms with E-state index in [0.717, 1.165) is 0 Å². The van der Waals surface area contributed by atoms with E-state index in [1.165, 1.54) is 0 Å². The fourth-order valence-corrected chi connectivity index (χ4v) is 1.15. The van der Waals surface area contributed by atoms with E-state index < -0.39 is 22.0 Å². The first-order valence-corrected chi connectivity index (χ1v) is 4.76. The van der Waals surface area contributed by atoms with Crippen LogP contribution in [-0.4, -0.2) is 16.1 Å². The second-order valence-electron chi connectivity index (χ2n) is 1.07. The highest BCUT2D eigenvalue weighted by Crippen LogP contribution is 2.43. The van der Waals surface area contributed by atoms with E-state index in [2.05, 4.69) is 4.67 Å². The molecule has 2 N–H and O–H groups in total. The molecule has 7 heteroatoms. The van der Waals surface area contributed by atoms with Crippen LogP contribution in [0.4, 0.5) is 0 Å². The molecule has 0 amide bonds. The molecule has 0 rings (SSSR count). The third-order valence-corrected chi connectivity index (χ3v) is 3.13. The molecule has 0 saturated carbocycles. The zero-order chi connectivity index (χ0) is 6.62. The van der Waals surface area contributed by atoms with Gasteiger partial charge >= 0.3 is 7.60 Å². The lowest BCUT2D eigenvalue weighted by molar-refractivity contribution is -0.145. The van der Waals surface area contributed by atoms with Crippen LogP contribution in [0.1, 0.15) is 0 Å². The molecular formula is CH6O5P2. The van der Waals surface area contributed by atoms with Crippen molar-refractivity contribution in [3.05, 3.63) is 0 Å². The van der Waals surface area contributed by atoms with E-state index >= 15 is 0 Å². The molecule has 0 radical (unpaired) electrons. The van der Waals surface area contributed by atoms with Gasteiger partial charge in [-0.3, -0.25) is 4.57 Å². The van der Waals surface area contributed by atoms with E-state index in [-0.39, 0.29) is 0 Å². The van der Waals surface area contributed by atoms with Crippen LogP contribution in [-0.2, 0) is 13.8 Å². The Labute approximate surface area is 47.0 Å². The van der Waals surface area contributed by atoms with Gasteiger partial charge in [-0.1, -0.05) is 0 Å². The molecule has 2 unspecified atom stereocenters. The summed E-state index contributed by atoms with van der Waals surface area (Å²) in [4.78, 5) is 8.23. The minimum atomic E-state index is -3.89. The highest BCUT2D eigenvalue weighted by Gasteiger charge is 2.16. The monoisotopic (exact) mass is 160 g/mol. The molecule has 0 fully saturated rings. The smallest absolute Gasteiger partial charge is 0.329 e. The SMILES string of the molecule is O=[PH2]CP(=O)(O)OO. The van der Waals surface area contributed by atoms with Crippen molar-refractivity contribution in [1.29, 1.82) is 0 Å². The predicted molar refractivity (Wildman–Crippen MR) is 28.8 cm³/mol. The Bertz CT molecular complexity index is 120. The Kier molecular flexibility index (Phi) is 3.53. The minimum Gasteiger partial charge on any atom is -0.329 e. The van der Waals surface area contributed by atoms with Gasteiger partial charge in [0.15, 0.2) is 0 Å². The summed E-state index contributed by atoms with van der Waals surface area (Å²) in [5.74, 6) is -0.469. The maximum Gasteiger partial charge on any atom is 0.361 e. The molecule has 0 aliphatic rings. The Morgan fingerprint density at radius 1 is 1.75 bits per heavy atom. The van der Waals surface area contributed by atoms with Crippen LogP contribution in [0.25, 0.3) is 0 Å². The quantitative estimate of drug-likeness (QED) is 0.354. The summed E-state index contributed by atoms with van der Waals surface area (Å²) in [7, 11) is -5.23. The van der Waals surface area contributed by atoms with E-state index in [9.17, 15) is 9.13 Å². The van der Waals surface area contributed by atoms with E-state index in [1.807, 2.05) is 0 Å². The van der Waals surface area contributed by atoms with Crippen molar-refractivity contribution in [2.75, 3.05) is 5.90 Å². The number of hydrogen-bond acceptors (Lipinski definition) is 4. The molecule has 50 valence electrons. The number of hydrogen-bond donors (Lipinski definition) is 2. The molecule has 0 heterocycles. The molecule has 0 bridgehead atoms. The predicted octanol–water partition coefficient (Wildman–Crippen LogP) is 0.375. The standard InChI is InChI=1S/CH6O5P2/c2-6-8(4,5)1-7-3/h2H,1,7H2,(H,4,5). The zero-order valence-corrected chi connectivity index (χ0v) is 5.90. The largest absolute Gasteiger partial charge is 0.361 e. The van der Waals surface area contributed by atoms with Crippen LogP contribution < -0.4 is 0 Å². The molecule has 0 saturated heterocycles. The first-order valence-electron chi connectivity index (χ1n) is 1.71. The van der Waals surface area contributed by atoms with Crippen molar-refractivity contribution in [2.45, 2.75) is 0 Å². The highest BCUT2D eigenvalue weighted by atomic mass is 31.2. The summed E-state index contributed by atoms with van der Waals surface area (Å²) in [5.41, 5.74) is 0. The maximum absolute atomic E-state index is 10.1. The summed E-state index contributed by atoms with van der Waals surface area (Å²) in [6, 6.07) is 0. The van der Waals surface area contributed by atoms with Gasteiger partial charge in [0.1, 0.15) is 5.90 Å². The molecule has 0 aliphatic carbocycles. The lowest BCUT2D eigenvalue weighted by Gasteiger charge is -1.98. The molecule has 5 nitrogen and oxygen atoms in total. The first kappa shape index (κ1) is 8.34. The molecule has 0 aromatic heterocycles. The molecule has 8 heavy (non-hydrogen) atoms. The molecule has 0 spiro atoms. The second-order valence-corrected chi connectivity index (χ2v) is 4.30. The molecule has 0 aliphatic heterocycles. The molecule has 0 aromatic carbocycles. The van der Waals surface area contributed by atoms with Crippen LogP contribution in [0.3, 0.4) is 0 Å². The van der Waals surface area contributed by atoms with Crippen molar-refractivity contribution >= 4 is 16.1 Å². The highest BCUT2D eigenvalue weighted by molar-refractivity contribution is 7.61. The summed E-state index contributed by atoms with van der Waals surface area (Å²) in [6.07, 6.45) is 0. The van der Waals surface area contributed by atoms with E-state index in [1.54, 1.807) is 0 Å². The summed E-state index contributed by atoms with van der Waals surface area (Å²) < 4.78 is 22.9. The Balaban J connectivity index is 3.72. The Hall–Kier alpha value is 0.340. The van der Waals surface area contributed by atoms with Gasteiger partial charge in [0.2, 0.25) is 0 Å². The van der Waals surface area contributed by atoms with Gasteiger partial charge in [-0.2, -0.15) is 4.67 Å². The Morgan fingerprint density at radius 2 is 2.25 bits per heavy atom. The zero-order valence-electron chi connectivity index (χ0n) is 3.85. The van der Waals surface area contributed by atoms with Crippen molar-refractivity contribution < 1.29 is 24.0 Å². The molecule has 2 atom stereocenters. The van der Waals surface area contributed by atoms with Crippen LogP contribution in [0.2, 0.25) is 0 Å². The molecule has 0 aromatic rings. The summed E-state index contributed by atoms with van der Waals surface area (Å²) in [5, 5.41) is 7.59. The van der Waals surface area contributed by atoms with Crippen molar-refractivity contribution in [2.24, 2.45) is 0 Å². The fourth-order valence-electron chi connectivity index (χ4n) is 0.128. The van der Waals surface area contributed by atoms with E-state index in [4.69, 9.17) is 10.2 Å². The van der Waals surface area contributed by atoms with Crippen molar-refractivity contribution in [1.82, 2.24) is 0 Å². The normalized spacial score (nSPS) is 19.2. The molecular weight excluding hydrogens is 154 g/mol. The van der Waals surface area contributed by atoms with Gasteiger partial charge in [-0.15, -0.1) is 0 Å². The third kappa shape index (κ3) is 3.36. The minimum absolute atomic E-state index is 0.469. The number of rotatable bonds is 3. The van der Waals surface area contributed by atoms with Gasteiger partial charge < -0.3 is 9.46 Å². The maximum atomic E-state index is 10.1. The van der Waals surface area contributed by atoms with Crippen LogP contribution in [0, 0.1) is 0 Å². The van der Waals surface area contributed by atoms with Gasteiger partial charge in [0.25, 0.3) is 0 Å². The van der Waals surface area contributed by atoms with Gasteiger partial charge in [0.05, 0.1) is 8.46 Å². The lowest BCUT2D eigenvalue weighted by Crippen LogP contribution is -1.82. The summed E-state index contributed by atoms with van der Waals surface area (Å²) >= 11 is 0. The van der Waals surface area contributed by atoms with E-state index in [0.29, 0.717) is 0 Å². The first-order chi connectivity index (χ1) is 3.62. The summed E-state index contributed by atoms with van der Waals surface area (Å²) in [6.45, 7) is 0. The van der Waals surface area contributed by atoms with Crippen molar-refractivity contribution in [3.63, 3.8) is 0 Å². The van der Waals surface area contributed by atoms with Gasteiger partial charge in [-0.25, -0.2) is 5.26 Å². The van der Waals surface area contributed by atoms with Gasteiger partial charge in [0, 0.05) is 0 Å². The Morgan fingerprint density at radius 3 is 2.38 bits per heavy atom.